The van der Waals surface area contributed by atoms with Gasteiger partial charge in [-0.1, -0.05) is 50.1 Å². The van der Waals surface area contributed by atoms with E-state index in [1.165, 1.54) is 10.5 Å². The highest BCUT2D eigenvalue weighted by Gasteiger charge is 2.16. The van der Waals surface area contributed by atoms with Crippen molar-refractivity contribution in [2.75, 3.05) is 11.6 Å². The second-order valence-electron chi connectivity index (χ2n) is 7.31. The van der Waals surface area contributed by atoms with E-state index >= 15 is 0 Å². The van der Waals surface area contributed by atoms with Crippen molar-refractivity contribution in [2.24, 2.45) is 0 Å². The van der Waals surface area contributed by atoms with Crippen LogP contribution in [0.15, 0.2) is 57.8 Å². The molecule has 0 unspecified atom stereocenters. The molecule has 0 saturated carbocycles. The van der Waals surface area contributed by atoms with Gasteiger partial charge in [0.15, 0.2) is 0 Å². The molecule has 0 atom stereocenters. The zero-order valence-electron chi connectivity index (χ0n) is 15.9. The lowest BCUT2D eigenvalue weighted by molar-refractivity contribution is 0.102. The highest BCUT2D eigenvalue weighted by molar-refractivity contribution is 7.98. The molecule has 5 nitrogen and oxygen atoms in total. The first-order valence-corrected chi connectivity index (χ1v) is 9.95. The molecular weight excluding hydrogens is 358 g/mol. The van der Waals surface area contributed by atoms with Gasteiger partial charge in [0, 0.05) is 10.5 Å². The molecule has 3 aromatic rings. The number of amides is 1. The molecule has 0 saturated heterocycles. The largest absolute Gasteiger partial charge is 0.407 e. The highest BCUT2D eigenvalue weighted by atomic mass is 32.2. The molecule has 0 radical (unpaired) electrons. The molecule has 3 rings (SSSR count). The summed E-state index contributed by atoms with van der Waals surface area (Å²) in [7, 11) is 0. The van der Waals surface area contributed by atoms with E-state index < -0.39 is 0 Å². The molecule has 1 aromatic heterocycles. The normalized spacial score (nSPS) is 11.4. The molecule has 0 aliphatic carbocycles. The van der Waals surface area contributed by atoms with E-state index in [2.05, 4.69) is 48.4 Å². The van der Waals surface area contributed by atoms with Crippen molar-refractivity contribution in [3.8, 4) is 0 Å². The van der Waals surface area contributed by atoms with E-state index in [0.717, 1.165) is 5.56 Å². The van der Waals surface area contributed by atoms with Crippen molar-refractivity contribution in [3.63, 3.8) is 0 Å². The van der Waals surface area contributed by atoms with Crippen LogP contribution in [-0.4, -0.2) is 22.4 Å². The van der Waals surface area contributed by atoms with Crippen molar-refractivity contribution < 1.29 is 9.21 Å². The fraction of sp³-hybridized carbons (Fsp3) is 0.286. The first-order valence-electron chi connectivity index (χ1n) is 8.72. The maximum atomic E-state index is 12.4. The molecule has 0 aliphatic heterocycles. The van der Waals surface area contributed by atoms with E-state index in [1.54, 1.807) is 23.9 Å². The van der Waals surface area contributed by atoms with Crippen molar-refractivity contribution in [3.05, 3.63) is 71.1 Å². The Morgan fingerprint density at radius 2 is 1.70 bits per heavy atom. The molecule has 1 N–H and O–H groups in total. The van der Waals surface area contributed by atoms with Crippen LogP contribution in [0.5, 0.6) is 0 Å². The molecule has 27 heavy (non-hydrogen) atoms. The summed E-state index contributed by atoms with van der Waals surface area (Å²) in [5.74, 6) is 0.195. The molecule has 0 aliphatic rings. The fourth-order valence-electron chi connectivity index (χ4n) is 2.58. The minimum atomic E-state index is -0.269. The minimum absolute atomic E-state index is 0.0460. The van der Waals surface area contributed by atoms with Crippen LogP contribution in [-0.2, 0) is 11.8 Å². The number of nitrogens with one attached hydrogen (secondary N) is 1. The van der Waals surface area contributed by atoms with Gasteiger partial charge in [-0.3, -0.25) is 10.1 Å². The average molecular weight is 382 g/mol. The van der Waals surface area contributed by atoms with Crippen molar-refractivity contribution in [1.82, 2.24) is 10.2 Å². The standard InChI is InChI=1S/C21H23N3O2S/c1-21(2,3)16-9-7-15(8-10-16)19(25)22-20-24-23-18(26-20)13-14-5-11-17(27-4)12-6-14/h5-12H,13H2,1-4H3,(H,22,24,25). The molecular formula is C21H23N3O2S. The van der Waals surface area contributed by atoms with Crippen LogP contribution in [0.2, 0.25) is 0 Å². The fourth-order valence-corrected chi connectivity index (χ4v) is 2.99. The zero-order valence-corrected chi connectivity index (χ0v) is 16.8. The Hall–Kier alpha value is -2.60. The predicted octanol–water partition coefficient (Wildman–Crippen LogP) is 4.93. The Morgan fingerprint density at radius 3 is 2.30 bits per heavy atom. The highest BCUT2D eigenvalue weighted by Crippen LogP contribution is 2.22. The monoisotopic (exact) mass is 381 g/mol. The minimum Gasteiger partial charge on any atom is -0.407 e. The molecule has 1 heterocycles. The third-order valence-corrected chi connectivity index (χ3v) is 4.96. The molecule has 0 bridgehead atoms. The number of nitrogens with zero attached hydrogens (tertiary/aromatic N) is 2. The van der Waals surface area contributed by atoms with Gasteiger partial charge in [-0.15, -0.1) is 16.9 Å². The second kappa shape index (κ2) is 7.96. The summed E-state index contributed by atoms with van der Waals surface area (Å²) in [5.41, 5.74) is 2.85. The lowest BCUT2D eigenvalue weighted by Crippen LogP contribution is -2.14. The molecule has 0 spiro atoms. The van der Waals surface area contributed by atoms with Crippen LogP contribution in [0, 0.1) is 0 Å². The van der Waals surface area contributed by atoms with Crippen LogP contribution < -0.4 is 5.32 Å². The first kappa shape index (κ1) is 19.2. The number of aromatic nitrogens is 2. The van der Waals surface area contributed by atoms with Gasteiger partial charge in [-0.2, -0.15) is 0 Å². The maximum absolute atomic E-state index is 12.4. The number of hydrogen-bond donors (Lipinski definition) is 1. The van der Waals surface area contributed by atoms with Crippen LogP contribution in [0.25, 0.3) is 0 Å². The van der Waals surface area contributed by atoms with E-state index in [0.29, 0.717) is 17.9 Å². The number of rotatable bonds is 5. The van der Waals surface area contributed by atoms with E-state index in [9.17, 15) is 4.79 Å². The van der Waals surface area contributed by atoms with Gasteiger partial charge in [0.2, 0.25) is 5.89 Å². The summed E-state index contributed by atoms with van der Waals surface area (Å²) >= 11 is 1.70. The Balaban J connectivity index is 1.63. The van der Waals surface area contributed by atoms with Gasteiger partial charge in [0.25, 0.3) is 5.91 Å². The van der Waals surface area contributed by atoms with Gasteiger partial charge < -0.3 is 4.42 Å². The van der Waals surface area contributed by atoms with Crippen LogP contribution >= 0.6 is 11.8 Å². The van der Waals surface area contributed by atoms with Crippen LogP contribution in [0.1, 0.15) is 48.1 Å². The van der Waals surface area contributed by atoms with Gasteiger partial charge in [-0.05, 0) is 47.1 Å². The molecule has 6 heteroatoms. The lowest BCUT2D eigenvalue weighted by Gasteiger charge is -2.18. The molecule has 0 fully saturated rings. The summed E-state index contributed by atoms with van der Waals surface area (Å²) in [4.78, 5) is 13.6. The van der Waals surface area contributed by atoms with Gasteiger partial charge >= 0.3 is 6.01 Å². The predicted molar refractivity (Wildman–Crippen MR) is 108 cm³/mol. The van der Waals surface area contributed by atoms with E-state index in [-0.39, 0.29) is 17.3 Å². The Kier molecular flexibility index (Phi) is 5.65. The van der Waals surface area contributed by atoms with Gasteiger partial charge in [0.05, 0.1) is 6.42 Å². The summed E-state index contributed by atoms with van der Waals surface area (Å²) < 4.78 is 5.55. The summed E-state index contributed by atoms with van der Waals surface area (Å²) in [6.45, 7) is 6.41. The number of hydrogen-bond acceptors (Lipinski definition) is 5. The van der Waals surface area contributed by atoms with Gasteiger partial charge in [0.1, 0.15) is 0 Å². The third kappa shape index (κ3) is 4.98. The maximum Gasteiger partial charge on any atom is 0.322 e. The van der Waals surface area contributed by atoms with E-state index in [4.69, 9.17) is 4.42 Å². The summed E-state index contributed by atoms with van der Waals surface area (Å²) in [6.07, 6.45) is 2.57. The topological polar surface area (TPSA) is 68.0 Å². The first-order chi connectivity index (χ1) is 12.8. The average Bonchev–Trinajstić information content (AvgIpc) is 3.08. The summed E-state index contributed by atoms with van der Waals surface area (Å²) in [6, 6.07) is 15.8. The van der Waals surface area contributed by atoms with Crippen LogP contribution in [0.3, 0.4) is 0 Å². The number of thioether (sulfide) groups is 1. The lowest BCUT2D eigenvalue weighted by atomic mass is 9.87. The van der Waals surface area contributed by atoms with Crippen molar-refractivity contribution in [1.29, 1.82) is 0 Å². The van der Waals surface area contributed by atoms with Gasteiger partial charge in [-0.25, -0.2) is 0 Å². The molecule has 2 aromatic carbocycles. The number of anilines is 1. The Bertz CT molecular complexity index is 910. The van der Waals surface area contributed by atoms with E-state index in [1.807, 2.05) is 30.5 Å². The number of carbonyl (C=O) groups is 1. The molecule has 140 valence electrons. The number of benzene rings is 2. The quantitative estimate of drug-likeness (QED) is 0.635. The van der Waals surface area contributed by atoms with Crippen LogP contribution in [0.4, 0.5) is 6.01 Å². The SMILES string of the molecule is CSc1ccc(Cc2nnc(NC(=O)c3ccc(C(C)(C)C)cc3)o2)cc1. The summed E-state index contributed by atoms with van der Waals surface area (Å²) in [5, 5.41) is 10.6. The Labute approximate surface area is 163 Å². The smallest absolute Gasteiger partial charge is 0.322 e. The van der Waals surface area contributed by atoms with Crippen molar-refractivity contribution >= 4 is 23.7 Å². The second-order valence-corrected chi connectivity index (χ2v) is 8.19. The third-order valence-electron chi connectivity index (χ3n) is 4.21. The Morgan fingerprint density at radius 1 is 1.04 bits per heavy atom. The molecule has 1 amide bonds. The number of carbonyl (C=O) groups excluding carboxylic acids is 1. The zero-order chi connectivity index (χ0) is 19.4. The van der Waals surface area contributed by atoms with Crippen molar-refractivity contribution in [2.45, 2.75) is 37.5 Å².